The van der Waals surface area contributed by atoms with Gasteiger partial charge in [0.15, 0.2) is 0 Å². The molecule has 2 N–H and O–H groups in total. The molecule has 0 spiro atoms. The van der Waals surface area contributed by atoms with Crippen LogP contribution in [0.15, 0.2) is 18.2 Å². The molecule has 0 heterocycles. The molecule has 0 atom stereocenters. The van der Waals surface area contributed by atoms with Crippen LogP contribution in [0.4, 0.5) is 4.39 Å². The Morgan fingerprint density at radius 1 is 1.50 bits per heavy atom. The zero-order valence-electron chi connectivity index (χ0n) is 10.5. The number of phenolic OH excluding ortho intramolecular Hbond substituents is 1. The molecule has 18 heavy (non-hydrogen) atoms. The molecule has 1 aromatic carbocycles. The van der Waals surface area contributed by atoms with Gasteiger partial charge in [0.2, 0.25) is 0 Å². The van der Waals surface area contributed by atoms with E-state index in [1.807, 2.05) is 0 Å². The summed E-state index contributed by atoms with van der Waals surface area (Å²) < 4.78 is 12.8. The van der Waals surface area contributed by atoms with E-state index in [1.165, 1.54) is 18.6 Å². The Bertz CT molecular complexity index is 450. The summed E-state index contributed by atoms with van der Waals surface area (Å²) in [5, 5.41) is 12.4. The van der Waals surface area contributed by atoms with Gasteiger partial charge in [-0.1, -0.05) is 13.3 Å². The number of hydrogen-bond donors (Lipinski definition) is 2. The van der Waals surface area contributed by atoms with Crippen LogP contribution in [-0.2, 0) is 0 Å². The van der Waals surface area contributed by atoms with E-state index >= 15 is 0 Å². The molecule has 0 bridgehead atoms. The third kappa shape index (κ3) is 2.47. The second kappa shape index (κ2) is 4.96. The molecule has 3 nitrogen and oxygen atoms in total. The van der Waals surface area contributed by atoms with E-state index in [2.05, 4.69) is 12.2 Å². The fourth-order valence-electron chi connectivity index (χ4n) is 2.39. The molecule has 0 saturated heterocycles. The summed E-state index contributed by atoms with van der Waals surface area (Å²) in [6.45, 7) is 2.75. The molecule has 1 aromatic rings. The molecular weight excluding hydrogens is 233 g/mol. The van der Waals surface area contributed by atoms with Gasteiger partial charge in [-0.05, 0) is 36.8 Å². The quantitative estimate of drug-likeness (QED) is 0.864. The molecule has 4 heteroatoms. The van der Waals surface area contributed by atoms with E-state index in [0.29, 0.717) is 6.54 Å². The lowest BCUT2D eigenvalue weighted by atomic mass is 9.67. The molecule has 0 radical (unpaired) electrons. The molecule has 1 amide bonds. The maximum absolute atomic E-state index is 12.8. The van der Waals surface area contributed by atoms with Gasteiger partial charge in [-0.15, -0.1) is 0 Å². The SMILES string of the molecule is CCC1(CNC(=O)c2ccc(F)cc2O)CCC1. The standard InChI is InChI=1S/C14H18FNO2/c1-2-14(6-3-7-14)9-16-13(18)11-5-4-10(15)8-12(11)17/h4-5,8,17H,2-3,6-7,9H2,1H3,(H,16,18). The Hall–Kier alpha value is -1.58. The lowest BCUT2D eigenvalue weighted by molar-refractivity contribution is 0.0847. The normalized spacial score (nSPS) is 17.0. The van der Waals surface area contributed by atoms with Crippen molar-refractivity contribution in [1.82, 2.24) is 5.32 Å². The van der Waals surface area contributed by atoms with Gasteiger partial charge in [-0.3, -0.25) is 4.79 Å². The van der Waals surface area contributed by atoms with Crippen molar-refractivity contribution in [2.24, 2.45) is 5.41 Å². The summed E-state index contributed by atoms with van der Waals surface area (Å²) in [4.78, 5) is 11.9. The minimum atomic E-state index is -0.548. The highest BCUT2D eigenvalue weighted by molar-refractivity contribution is 5.96. The number of phenols is 1. The number of carbonyl (C=O) groups is 1. The predicted molar refractivity (Wildman–Crippen MR) is 67.0 cm³/mol. The van der Waals surface area contributed by atoms with Crippen LogP contribution in [-0.4, -0.2) is 17.6 Å². The van der Waals surface area contributed by atoms with Gasteiger partial charge in [0.1, 0.15) is 11.6 Å². The van der Waals surface area contributed by atoms with Crippen molar-refractivity contribution < 1.29 is 14.3 Å². The lowest BCUT2D eigenvalue weighted by Crippen LogP contribution is -2.41. The maximum Gasteiger partial charge on any atom is 0.255 e. The molecule has 0 unspecified atom stereocenters. The van der Waals surface area contributed by atoms with E-state index in [-0.39, 0.29) is 22.6 Å². The van der Waals surface area contributed by atoms with Gasteiger partial charge in [-0.25, -0.2) is 4.39 Å². The Labute approximate surface area is 106 Å². The third-order valence-electron chi connectivity index (χ3n) is 3.99. The molecule has 2 rings (SSSR count). The van der Waals surface area contributed by atoms with Crippen LogP contribution in [0.1, 0.15) is 43.0 Å². The largest absolute Gasteiger partial charge is 0.507 e. The molecule has 1 aliphatic carbocycles. The molecule has 0 aromatic heterocycles. The summed E-state index contributed by atoms with van der Waals surface area (Å²) in [7, 11) is 0. The van der Waals surface area contributed by atoms with Gasteiger partial charge in [0.25, 0.3) is 5.91 Å². The minimum Gasteiger partial charge on any atom is -0.507 e. The number of nitrogens with one attached hydrogen (secondary N) is 1. The predicted octanol–water partition coefficient (Wildman–Crippen LogP) is 2.84. The topological polar surface area (TPSA) is 49.3 Å². The second-order valence-corrected chi connectivity index (χ2v) is 5.05. The molecule has 0 aliphatic heterocycles. The van der Waals surface area contributed by atoms with Crippen LogP contribution < -0.4 is 5.32 Å². The van der Waals surface area contributed by atoms with Crippen LogP contribution in [0.3, 0.4) is 0 Å². The van der Waals surface area contributed by atoms with Gasteiger partial charge in [-0.2, -0.15) is 0 Å². The van der Waals surface area contributed by atoms with Gasteiger partial charge in [0.05, 0.1) is 5.56 Å². The number of amides is 1. The molecule has 1 aliphatic rings. The first kappa shape index (κ1) is 12.9. The highest BCUT2D eigenvalue weighted by Crippen LogP contribution is 2.43. The Kier molecular flexibility index (Phi) is 3.55. The summed E-state index contributed by atoms with van der Waals surface area (Å²) in [6.07, 6.45) is 4.53. The number of rotatable bonds is 4. The first-order chi connectivity index (χ1) is 8.56. The Balaban J connectivity index is 1.99. The maximum atomic E-state index is 12.8. The second-order valence-electron chi connectivity index (χ2n) is 5.05. The number of halogens is 1. The summed E-state index contributed by atoms with van der Waals surface area (Å²) in [5.41, 5.74) is 0.354. The summed E-state index contributed by atoms with van der Waals surface area (Å²) in [6, 6.07) is 3.43. The highest BCUT2D eigenvalue weighted by atomic mass is 19.1. The van der Waals surface area contributed by atoms with Crippen LogP contribution in [0.2, 0.25) is 0 Å². The first-order valence-corrected chi connectivity index (χ1v) is 6.33. The third-order valence-corrected chi connectivity index (χ3v) is 3.99. The van der Waals surface area contributed by atoms with Crippen molar-refractivity contribution in [3.63, 3.8) is 0 Å². The minimum absolute atomic E-state index is 0.127. The van der Waals surface area contributed by atoms with Crippen LogP contribution in [0.5, 0.6) is 5.75 Å². The Morgan fingerprint density at radius 2 is 2.22 bits per heavy atom. The van der Waals surface area contributed by atoms with E-state index in [9.17, 15) is 14.3 Å². The molecule has 1 fully saturated rings. The zero-order valence-corrected chi connectivity index (χ0v) is 10.5. The average molecular weight is 251 g/mol. The highest BCUT2D eigenvalue weighted by Gasteiger charge is 2.35. The molecule has 98 valence electrons. The fraction of sp³-hybridized carbons (Fsp3) is 0.500. The fourth-order valence-corrected chi connectivity index (χ4v) is 2.39. The van der Waals surface area contributed by atoms with Crippen LogP contribution in [0, 0.1) is 11.2 Å². The van der Waals surface area contributed by atoms with E-state index in [4.69, 9.17) is 0 Å². The van der Waals surface area contributed by atoms with Crippen molar-refractivity contribution in [2.45, 2.75) is 32.6 Å². The molecular formula is C14H18FNO2. The van der Waals surface area contributed by atoms with Crippen molar-refractivity contribution in [3.8, 4) is 5.75 Å². The van der Waals surface area contributed by atoms with Crippen molar-refractivity contribution in [2.75, 3.05) is 6.54 Å². The van der Waals surface area contributed by atoms with E-state index in [1.54, 1.807) is 0 Å². The van der Waals surface area contributed by atoms with E-state index < -0.39 is 5.82 Å². The van der Waals surface area contributed by atoms with Crippen molar-refractivity contribution >= 4 is 5.91 Å². The van der Waals surface area contributed by atoms with Crippen molar-refractivity contribution in [1.29, 1.82) is 0 Å². The summed E-state index contributed by atoms with van der Waals surface area (Å²) >= 11 is 0. The number of carbonyl (C=O) groups excluding carboxylic acids is 1. The van der Waals surface area contributed by atoms with Gasteiger partial charge >= 0.3 is 0 Å². The zero-order chi connectivity index (χ0) is 13.2. The van der Waals surface area contributed by atoms with Gasteiger partial charge in [0, 0.05) is 12.6 Å². The average Bonchev–Trinajstić information content (AvgIpc) is 2.27. The summed E-state index contributed by atoms with van der Waals surface area (Å²) in [5.74, 6) is -1.20. The lowest BCUT2D eigenvalue weighted by Gasteiger charge is -2.41. The monoisotopic (exact) mass is 251 g/mol. The smallest absolute Gasteiger partial charge is 0.255 e. The number of benzene rings is 1. The van der Waals surface area contributed by atoms with Crippen LogP contribution in [0.25, 0.3) is 0 Å². The number of aromatic hydroxyl groups is 1. The van der Waals surface area contributed by atoms with Crippen molar-refractivity contribution in [3.05, 3.63) is 29.6 Å². The number of hydrogen-bond acceptors (Lipinski definition) is 2. The van der Waals surface area contributed by atoms with Gasteiger partial charge < -0.3 is 10.4 Å². The first-order valence-electron chi connectivity index (χ1n) is 6.33. The Morgan fingerprint density at radius 3 is 2.72 bits per heavy atom. The van der Waals surface area contributed by atoms with Crippen LogP contribution >= 0.6 is 0 Å². The van der Waals surface area contributed by atoms with E-state index in [0.717, 1.165) is 25.3 Å². The molecule has 1 saturated carbocycles.